The van der Waals surface area contributed by atoms with Gasteiger partial charge in [0.1, 0.15) is 9.79 Å². The third-order valence-electron chi connectivity index (χ3n) is 3.26. The summed E-state index contributed by atoms with van der Waals surface area (Å²) in [5, 5.41) is 0. The molecule has 24 heavy (non-hydrogen) atoms. The Labute approximate surface area is 151 Å². The van der Waals surface area contributed by atoms with E-state index in [4.69, 9.17) is 5.73 Å². The quantitative estimate of drug-likeness (QED) is 0.677. The molecule has 0 aliphatic rings. The average Bonchev–Trinajstić information content (AvgIpc) is 2.45. The van der Waals surface area contributed by atoms with E-state index in [1.165, 1.54) is 38.4 Å². The standard InChI is InChI=1S/C14H25N3O4S2.ClH/c1-11(2)9-12(10-15)16-22(18,19)13-7-5-6-8-14(13)23(20,21)17(3)4;/h5-8,11-12,16H,9-10,15H2,1-4H3;1H. The highest BCUT2D eigenvalue weighted by Gasteiger charge is 2.29. The van der Waals surface area contributed by atoms with E-state index in [0.717, 1.165) is 4.31 Å². The molecule has 0 radical (unpaired) electrons. The van der Waals surface area contributed by atoms with Crippen LogP contribution >= 0.6 is 12.4 Å². The Hall–Kier alpha value is -0.710. The van der Waals surface area contributed by atoms with Crippen LogP contribution in [0.1, 0.15) is 20.3 Å². The second kappa shape index (κ2) is 9.12. The van der Waals surface area contributed by atoms with Gasteiger partial charge in [-0.25, -0.2) is 25.9 Å². The van der Waals surface area contributed by atoms with Crippen molar-refractivity contribution in [1.82, 2.24) is 9.03 Å². The van der Waals surface area contributed by atoms with E-state index < -0.39 is 26.1 Å². The average molecular weight is 400 g/mol. The molecule has 1 atom stereocenters. The van der Waals surface area contributed by atoms with E-state index in [1.54, 1.807) is 0 Å². The highest BCUT2D eigenvalue weighted by Crippen LogP contribution is 2.23. The van der Waals surface area contributed by atoms with Crippen LogP contribution in [0.25, 0.3) is 0 Å². The van der Waals surface area contributed by atoms with Crippen molar-refractivity contribution >= 4 is 32.5 Å². The Bertz CT molecular complexity index is 734. The lowest BCUT2D eigenvalue weighted by Gasteiger charge is -2.20. The monoisotopic (exact) mass is 399 g/mol. The molecule has 0 spiro atoms. The minimum atomic E-state index is -4.00. The summed E-state index contributed by atoms with van der Waals surface area (Å²) in [4.78, 5) is -0.520. The van der Waals surface area contributed by atoms with Gasteiger partial charge < -0.3 is 5.73 Å². The van der Waals surface area contributed by atoms with E-state index >= 15 is 0 Å². The molecule has 0 fully saturated rings. The lowest BCUT2D eigenvalue weighted by atomic mass is 10.1. The summed E-state index contributed by atoms with van der Waals surface area (Å²) in [6.45, 7) is 4.06. The molecule has 0 amide bonds. The van der Waals surface area contributed by atoms with E-state index in [2.05, 4.69) is 4.72 Å². The van der Waals surface area contributed by atoms with Gasteiger partial charge in [-0.05, 0) is 24.5 Å². The molecule has 1 aromatic carbocycles. The summed E-state index contributed by atoms with van der Waals surface area (Å²) in [5.41, 5.74) is 5.62. The molecule has 0 saturated heterocycles. The van der Waals surface area contributed by atoms with Crippen molar-refractivity contribution in [2.24, 2.45) is 11.7 Å². The Morgan fingerprint density at radius 2 is 1.58 bits per heavy atom. The fourth-order valence-corrected chi connectivity index (χ4v) is 5.09. The third kappa shape index (κ3) is 5.68. The molecule has 7 nitrogen and oxygen atoms in total. The first-order valence-corrected chi connectivity index (χ1v) is 10.2. The van der Waals surface area contributed by atoms with Crippen molar-refractivity contribution in [3.8, 4) is 0 Å². The first-order valence-electron chi connectivity index (χ1n) is 7.26. The maximum atomic E-state index is 12.6. The molecule has 0 saturated carbocycles. The van der Waals surface area contributed by atoms with E-state index in [-0.39, 0.29) is 34.7 Å². The van der Waals surface area contributed by atoms with Crippen LogP contribution in [0.15, 0.2) is 34.1 Å². The van der Waals surface area contributed by atoms with E-state index in [1.807, 2.05) is 13.8 Å². The van der Waals surface area contributed by atoms with Crippen molar-refractivity contribution < 1.29 is 16.8 Å². The highest BCUT2D eigenvalue weighted by molar-refractivity contribution is 7.92. The van der Waals surface area contributed by atoms with Gasteiger partial charge in [-0.15, -0.1) is 12.4 Å². The third-order valence-corrected chi connectivity index (χ3v) is 6.84. The zero-order valence-corrected chi connectivity index (χ0v) is 16.7. The summed E-state index contributed by atoms with van der Waals surface area (Å²) < 4.78 is 53.4. The molecule has 3 N–H and O–H groups in total. The predicted molar refractivity (Wildman–Crippen MR) is 97.2 cm³/mol. The topological polar surface area (TPSA) is 110 Å². The van der Waals surface area contributed by atoms with Gasteiger partial charge in [-0.3, -0.25) is 0 Å². The number of hydrogen-bond donors (Lipinski definition) is 2. The van der Waals surface area contributed by atoms with Crippen molar-refractivity contribution in [2.45, 2.75) is 36.1 Å². The number of benzene rings is 1. The van der Waals surface area contributed by atoms with Crippen LogP contribution in [0.4, 0.5) is 0 Å². The molecular formula is C14H26ClN3O4S2. The summed E-state index contributed by atoms with van der Waals surface area (Å²) in [7, 11) is -5.16. The molecule has 1 rings (SSSR count). The summed E-state index contributed by atoms with van der Waals surface area (Å²) in [6.07, 6.45) is 0.568. The molecule has 1 unspecified atom stereocenters. The van der Waals surface area contributed by atoms with Gasteiger partial charge >= 0.3 is 0 Å². The zero-order chi connectivity index (χ0) is 17.8. The normalized spacial score (nSPS) is 13.8. The van der Waals surface area contributed by atoms with Crippen LogP contribution < -0.4 is 10.5 Å². The minimum Gasteiger partial charge on any atom is -0.329 e. The number of rotatable bonds is 8. The van der Waals surface area contributed by atoms with E-state index in [0.29, 0.717) is 6.42 Å². The Morgan fingerprint density at radius 1 is 1.08 bits per heavy atom. The van der Waals surface area contributed by atoms with Crippen molar-refractivity contribution in [1.29, 1.82) is 0 Å². The summed E-state index contributed by atoms with van der Waals surface area (Å²) in [5.74, 6) is 0.256. The predicted octanol–water partition coefficient (Wildman–Crippen LogP) is 1.01. The molecule has 0 bridgehead atoms. The zero-order valence-electron chi connectivity index (χ0n) is 14.3. The Kier molecular flexibility index (Phi) is 8.85. The van der Waals surface area contributed by atoms with Gasteiger partial charge in [-0.1, -0.05) is 26.0 Å². The number of nitrogens with zero attached hydrogens (tertiary/aromatic N) is 1. The SMILES string of the molecule is CC(C)CC(CN)NS(=O)(=O)c1ccccc1S(=O)(=O)N(C)C.Cl. The molecule has 10 heteroatoms. The first kappa shape index (κ1) is 23.3. The number of halogens is 1. The van der Waals surface area contributed by atoms with Crippen LogP contribution in [-0.2, 0) is 20.0 Å². The largest absolute Gasteiger partial charge is 0.329 e. The van der Waals surface area contributed by atoms with Gasteiger partial charge in [0.2, 0.25) is 20.0 Å². The van der Waals surface area contributed by atoms with Crippen LogP contribution in [0.2, 0.25) is 0 Å². The van der Waals surface area contributed by atoms with Crippen molar-refractivity contribution in [2.75, 3.05) is 20.6 Å². The number of nitrogens with one attached hydrogen (secondary N) is 1. The maximum Gasteiger partial charge on any atom is 0.243 e. The highest BCUT2D eigenvalue weighted by atomic mass is 35.5. The maximum absolute atomic E-state index is 12.6. The second-order valence-corrected chi connectivity index (χ2v) is 9.72. The lowest BCUT2D eigenvalue weighted by molar-refractivity contribution is 0.464. The molecule has 0 aromatic heterocycles. The van der Waals surface area contributed by atoms with Gasteiger partial charge in [0.25, 0.3) is 0 Å². The van der Waals surface area contributed by atoms with Crippen LogP contribution in [-0.4, -0.2) is 47.8 Å². The van der Waals surface area contributed by atoms with Gasteiger partial charge in [0.05, 0.1) is 0 Å². The Morgan fingerprint density at radius 3 is 2.00 bits per heavy atom. The van der Waals surface area contributed by atoms with Crippen LogP contribution in [0.3, 0.4) is 0 Å². The molecule has 1 aromatic rings. The molecular weight excluding hydrogens is 374 g/mol. The van der Waals surface area contributed by atoms with Crippen molar-refractivity contribution in [3.05, 3.63) is 24.3 Å². The smallest absolute Gasteiger partial charge is 0.243 e. The first-order chi connectivity index (χ1) is 10.5. The second-order valence-electron chi connectivity index (χ2n) is 5.92. The fraction of sp³-hybridized carbons (Fsp3) is 0.571. The Balaban J connectivity index is 0.00000529. The van der Waals surface area contributed by atoms with Gasteiger partial charge in [0.15, 0.2) is 0 Å². The van der Waals surface area contributed by atoms with Crippen LogP contribution in [0.5, 0.6) is 0 Å². The summed E-state index contributed by atoms with van der Waals surface area (Å²) >= 11 is 0. The van der Waals surface area contributed by atoms with E-state index in [9.17, 15) is 16.8 Å². The molecule has 0 heterocycles. The summed E-state index contributed by atoms with van der Waals surface area (Å²) in [6, 6.07) is 5.09. The minimum absolute atomic E-state index is 0. The number of nitrogens with two attached hydrogens (primary N) is 1. The van der Waals surface area contributed by atoms with Gasteiger partial charge in [0, 0.05) is 26.7 Å². The lowest BCUT2D eigenvalue weighted by Crippen LogP contribution is -2.41. The van der Waals surface area contributed by atoms with Crippen LogP contribution in [0, 0.1) is 5.92 Å². The number of sulfonamides is 2. The van der Waals surface area contributed by atoms with Crippen molar-refractivity contribution in [3.63, 3.8) is 0 Å². The fourth-order valence-electron chi connectivity index (χ4n) is 2.13. The van der Waals surface area contributed by atoms with Gasteiger partial charge in [-0.2, -0.15) is 0 Å². The number of hydrogen-bond acceptors (Lipinski definition) is 5. The molecule has 140 valence electrons. The molecule has 0 aliphatic heterocycles. The molecule has 0 aliphatic carbocycles.